The molecule has 0 aliphatic heterocycles. The molecule has 1 saturated carbocycles. The van der Waals surface area contributed by atoms with Gasteiger partial charge in [-0.05, 0) is 28.1 Å². The Morgan fingerprint density at radius 1 is 1.38 bits per heavy atom. The standard InChI is InChI=1S/C8H8BrF2NS/c9-6-2-1-5(13-6)7(12)3-8(10,11)4-7/h1-2H,3-4,12H2. The third-order valence-corrected chi connectivity index (χ3v) is 4.06. The highest BCUT2D eigenvalue weighted by atomic mass is 79.9. The minimum atomic E-state index is -2.56. The monoisotopic (exact) mass is 267 g/mol. The second kappa shape index (κ2) is 2.74. The third kappa shape index (κ3) is 1.65. The van der Waals surface area contributed by atoms with Gasteiger partial charge >= 0.3 is 0 Å². The van der Waals surface area contributed by atoms with E-state index in [9.17, 15) is 8.78 Å². The summed E-state index contributed by atoms with van der Waals surface area (Å²) in [5.74, 6) is -2.56. The van der Waals surface area contributed by atoms with E-state index >= 15 is 0 Å². The Kier molecular flexibility index (Phi) is 2.02. The van der Waals surface area contributed by atoms with Crippen molar-refractivity contribution < 1.29 is 8.78 Å². The lowest BCUT2D eigenvalue weighted by Gasteiger charge is -2.43. The Hall–Kier alpha value is -0.0000000000000000833. The molecule has 1 heterocycles. The van der Waals surface area contributed by atoms with Crippen molar-refractivity contribution in [3.05, 3.63) is 20.8 Å². The fraction of sp³-hybridized carbons (Fsp3) is 0.500. The topological polar surface area (TPSA) is 26.0 Å². The lowest BCUT2D eigenvalue weighted by Crippen LogP contribution is -2.55. The minimum absolute atomic E-state index is 0.229. The van der Waals surface area contributed by atoms with Crippen LogP contribution in [0.25, 0.3) is 0 Å². The lowest BCUT2D eigenvalue weighted by molar-refractivity contribution is -0.123. The Balaban J connectivity index is 2.20. The molecule has 1 fully saturated rings. The van der Waals surface area contributed by atoms with Crippen LogP contribution in [0.3, 0.4) is 0 Å². The Labute approximate surface area is 87.1 Å². The summed E-state index contributed by atoms with van der Waals surface area (Å²) < 4.78 is 26.2. The van der Waals surface area contributed by atoms with Crippen LogP contribution in [-0.2, 0) is 5.54 Å². The van der Waals surface area contributed by atoms with E-state index in [1.165, 1.54) is 11.3 Å². The molecule has 13 heavy (non-hydrogen) atoms. The summed E-state index contributed by atoms with van der Waals surface area (Å²) in [6.45, 7) is 0. The zero-order valence-corrected chi connectivity index (χ0v) is 9.09. The van der Waals surface area contributed by atoms with Crippen molar-refractivity contribution in [2.75, 3.05) is 0 Å². The molecular formula is C8H8BrF2NS. The molecule has 2 rings (SSSR count). The number of halogens is 3. The molecule has 0 atom stereocenters. The van der Waals surface area contributed by atoms with Crippen molar-refractivity contribution in [1.29, 1.82) is 0 Å². The number of hydrogen-bond acceptors (Lipinski definition) is 2. The molecule has 0 saturated heterocycles. The average Bonchev–Trinajstić information content (AvgIpc) is 2.31. The zero-order chi connectivity index (χ0) is 9.69. The highest BCUT2D eigenvalue weighted by Gasteiger charge is 2.55. The minimum Gasteiger partial charge on any atom is -0.320 e. The molecule has 1 aromatic rings. The number of nitrogens with two attached hydrogens (primary N) is 1. The van der Waals surface area contributed by atoms with E-state index in [1.807, 2.05) is 12.1 Å². The first-order valence-electron chi connectivity index (χ1n) is 3.84. The molecular weight excluding hydrogens is 260 g/mol. The fourth-order valence-corrected chi connectivity index (χ4v) is 3.11. The molecule has 0 amide bonds. The van der Waals surface area contributed by atoms with Crippen LogP contribution in [0.1, 0.15) is 17.7 Å². The summed E-state index contributed by atoms with van der Waals surface area (Å²) in [6.07, 6.45) is -0.458. The van der Waals surface area contributed by atoms with Gasteiger partial charge in [-0.2, -0.15) is 0 Å². The molecule has 0 bridgehead atoms. The van der Waals surface area contributed by atoms with Crippen LogP contribution in [-0.4, -0.2) is 5.92 Å². The molecule has 1 nitrogen and oxygen atoms in total. The van der Waals surface area contributed by atoms with E-state index < -0.39 is 11.5 Å². The second-order valence-electron chi connectivity index (χ2n) is 3.47. The first kappa shape index (κ1) is 9.55. The predicted octanol–water partition coefficient (Wildman–Crippen LogP) is 3.09. The predicted molar refractivity (Wildman–Crippen MR) is 52.1 cm³/mol. The highest BCUT2D eigenvalue weighted by molar-refractivity contribution is 9.11. The van der Waals surface area contributed by atoms with E-state index in [0.29, 0.717) is 0 Å². The van der Waals surface area contributed by atoms with Crippen LogP contribution in [0.5, 0.6) is 0 Å². The Morgan fingerprint density at radius 3 is 2.38 bits per heavy atom. The molecule has 0 unspecified atom stereocenters. The van der Waals surface area contributed by atoms with Crippen LogP contribution >= 0.6 is 27.3 Å². The Bertz CT molecular complexity index is 329. The van der Waals surface area contributed by atoms with Crippen LogP contribution in [0, 0.1) is 0 Å². The average molecular weight is 268 g/mol. The molecule has 2 N–H and O–H groups in total. The van der Waals surface area contributed by atoms with Crippen LogP contribution in [0.4, 0.5) is 8.78 Å². The van der Waals surface area contributed by atoms with Gasteiger partial charge in [0.15, 0.2) is 0 Å². The van der Waals surface area contributed by atoms with Gasteiger partial charge in [-0.25, -0.2) is 8.78 Å². The van der Waals surface area contributed by atoms with Gasteiger partial charge in [0.1, 0.15) is 0 Å². The SMILES string of the molecule is NC1(c2ccc(Br)s2)CC(F)(F)C1. The van der Waals surface area contributed by atoms with Crippen molar-refractivity contribution in [2.24, 2.45) is 5.73 Å². The van der Waals surface area contributed by atoms with Crippen LogP contribution in [0.2, 0.25) is 0 Å². The van der Waals surface area contributed by atoms with E-state index in [1.54, 1.807) is 0 Å². The largest absolute Gasteiger partial charge is 0.320 e. The molecule has 1 aromatic heterocycles. The van der Waals surface area contributed by atoms with E-state index in [4.69, 9.17) is 5.73 Å². The highest BCUT2D eigenvalue weighted by Crippen LogP contribution is 2.51. The summed E-state index contributed by atoms with van der Waals surface area (Å²) >= 11 is 4.71. The maximum Gasteiger partial charge on any atom is 0.252 e. The summed E-state index contributed by atoms with van der Waals surface area (Å²) in [7, 11) is 0. The van der Waals surface area contributed by atoms with Gasteiger partial charge in [-0.15, -0.1) is 11.3 Å². The van der Waals surface area contributed by atoms with Gasteiger partial charge in [0.25, 0.3) is 5.92 Å². The Morgan fingerprint density at radius 2 is 2.00 bits per heavy atom. The number of hydrogen-bond donors (Lipinski definition) is 1. The molecule has 1 aliphatic carbocycles. The van der Waals surface area contributed by atoms with Crippen molar-refractivity contribution in [2.45, 2.75) is 24.3 Å². The smallest absolute Gasteiger partial charge is 0.252 e. The molecule has 0 radical (unpaired) electrons. The van der Waals surface area contributed by atoms with Gasteiger partial charge < -0.3 is 5.73 Å². The van der Waals surface area contributed by atoms with E-state index in [2.05, 4.69) is 15.9 Å². The first-order chi connectivity index (χ1) is 5.91. The fourth-order valence-electron chi connectivity index (χ4n) is 1.63. The maximum absolute atomic E-state index is 12.6. The maximum atomic E-state index is 12.6. The van der Waals surface area contributed by atoms with Crippen molar-refractivity contribution in [3.63, 3.8) is 0 Å². The zero-order valence-electron chi connectivity index (χ0n) is 6.69. The number of alkyl halides is 2. The number of thiophene rings is 1. The van der Waals surface area contributed by atoms with E-state index in [-0.39, 0.29) is 12.8 Å². The lowest BCUT2D eigenvalue weighted by atomic mass is 9.73. The molecule has 72 valence electrons. The second-order valence-corrected chi connectivity index (χ2v) is 5.93. The van der Waals surface area contributed by atoms with Gasteiger partial charge in [0.05, 0.1) is 9.33 Å². The third-order valence-electron chi connectivity index (χ3n) is 2.21. The summed E-state index contributed by atoms with van der Waals surface area (Å²) in [4.78, 5) is 0.838. The van der Waals surface area contributed by atoms with Crippen molar-refractivity contribution in [3.8, 4) is 0 Å². The van der Waals surface area contributed by atoms with Gasteiger partial charge in [-0.3, -0.25) is 0 Å². The molecule has 5 heteroatoms. The van der Waals surface area contributed by atoms with Gasteiger partial charge in [0, 0.05) is 17.7 Å². The summed E-state index contributed by atoms with van der Waals surface area (Å²) in [5, 5.41) is 0. The number of rotatable bonds is 1. The van der Waals surface area contributed by atoms with Crippen LogP contribution in [0.15, 0.2) is 15.9 Å². The summed E-state index contributed by atoms with van der Waals surface area (Å²) in [6, 6.07) is 3.65. The quantitative estimate of drug-likeness (QED) is 0.832. The normalized spacial score (nSPS) is 24.0. The van der Waals surface area contributed by atoms with Crippen molar-refractivity contribution in [1.82, 2.24) is 0 Å². The first-order valence-corrected chi connectivity index (χ1v) is 5.45. The molecule has 1 aliphatic rings. The molecule has 0 spiro atoms. The van der Waals surface area contributed by atoms with Gasteiger partial charge in [0.2, 0.25) is 0 Å². The van der Waals surface area contributed by atoms with Crippen molar-refractivity contribution >= 4 is 27.3 Å². The van der Waals surface area contributed by atoms with Gasteiger partial charge in [-0.1, -0.05) is 0 Å². The molecule has 0 aromatic carbocycles. The van der Waals surface area contributed by atoms with E-state index in [0.717, 1.165) is 8.66 Å². The van der Waals surface area contributed by atoms with Crippen LogP contribution < -0.4 is 5.73 Å². The summed E-state index contributed by atoms with van der Waals surface area (Å²) in [5.41, 5.74) is 5.03.